The van der Waals surface area contributed by atoms with Crippen LogP contribution < -0.4 is 19.7 Å². The van der Waals surface area contributed by atoms with Gasteiger partial charge in [-0.3, -0.25) is 14.5 Å². The summed E-state index contributed by atoms with van der Waals surface area (Å²) in [5, 5.41) is 16.4. The van der Waals surface area contributed by atoms with Crippen molar-refractivity contribution in [2.45, 2.75) is 51.2 Å². The van der Waals surface area contributed by atoms with E-state index in [4.69, 9.17) is 21.1 Å². The Balaban J connectivity index is 1.54. The lowest BCUT2D eigenvalue weighted by Gasteiger charge is -2.32. The van der Waals surface area contributed by atoms with Crippen LogP contribution >= 0.6 is 11.6 Å². The highest BCUT2D eigenvalue weighted by molar-refractivity contribution is 6.30. The number of nitrogens with one attached hydrogen (secondary N) is 1. The monoisotopic (exact) mass is 588 g/mol. The van der Waals surface area contributed by atoms with E-state index in [0.29, 0.717) is 33.6 Å². The molecular weight excluding hydrogens is 556 g/mol. The summed E-state index contributed by atoms with van der Waals surface area (Å²) in [6.45, 7) is 1.75. The van der Waals surface area contributed by atoms with Crippen LogP contribution in [-0.4, -0.2) is 52.3 Å². The molecule has 42 heavy (non-hydrogen) atoms. The van der Waals surface area contributed by atoms with Gasteiger partial charge in [0.1, 0.15) is 12.6 Å². The first-order valence-corrected chi connectivity index (χ1v) is 14.2. The van der Waals surface area contributed by atoms with Crippen molar-refractivity contribution in [2.24, 2.45) is 0 Å². The van der Waals surface area contributed by atoms with Gasteiger partial charge in [-0.25, -0.2) is 0 Å². The zero-order chi connectivity index (χ0) is 29.6. The average Bonchev–Trinajstić information content (AvgIpc) is 3.69. The molecule has 0 unspecified atom stereocenters. The molecule has 0 saturated heterocycles. The Hall–Kier alpha value is -4.44. The Bertz CT molecular complexity index is 1530. The molecule has 10 nitrogen and oxygen atoms in total. The van der Waals surface area contributed by atoms with E-state index in [1.807, 2.05) is 31.2 Å². The van der Waals surface area contributed by atoms with E-state index >= 15 is 0 Å². The van der Waals surface area contributed by atoms with Crippen LogP contribution in [0.2, 0.25) is 5.02 Å². The van der Waals surface area contributed by atoms with Crippen molar-refractivity contribution in [2.75, 3.05) is 19.1 Å². The van der Waals surface area contributed by atoms with E-state index in [1.54, 1.807) is 49.6 Å². The summed E-state index contributed by atoms with van der Waals surface area (Å²) in [6, 6.07) is 18.7. The minimum absolute atomic E-state index is 0.0383. The molecular formula is C31H33ClN6O4. The van der Waals surface area contributed by atoms with Crippen molar-refractivity contribution in [3.05, 3.63) is 82.9 Å². The third-order valence-electron chi connectivity index (χ3n) is 7.34. The van der Waals surface area contributed by atoms with Crippen LogP contribution in [0.4, 0.5) is 5.69 Å². The molecule has 4 aromatic rings. The Morgan fingerprint density at radius 1 is 1.00 bits per heavy atom. The average molecular weight is 589 g/mol. The summed E-state index contributed by atoms with van der Waals surface area (Å²) in [5.74, 6) is 0.640. The fourth-order valence-electron chi connectivity index (χ4n) is 5.16. The van der Waals surface area contributed by atoms with Gasteiger partial charge in [0.15, 0.2) is 11.5 Å². The van der Waals surface area contributed by atoms with E-state index in [-0.39, 0.29) is 18.5 Å². The fraction of sp³-hybridized carbons (Fsp3) is 0.323. The maximum absolute atomic E-state index is 14.2. The molecule has 5 rings (SSSR count). The minimum atomic E-state index is -1.03. The van der Waals surface area contributed by atoms with Gasteiger partial charge < -0.3 is 14.8 Å². The van der Waals surface area contributed by atoms with Gasteiger partial charge in [0, 0.05) is 22.3 Å². The molecule has 0 radical (unpaired) electrons. The van der Waals surface area contributed by atoms with Crippen LogP contribution in [0.5, 0.6) is 11.5 Å². The molecule has 0 bridgehead atoms. The number of rotatable bonds is 10. The zero-order valence-electron chi connectivity index (χ0n) is 23.8. The van der Waals surface area contributed by atoms with Crippen LogP contribution in [0.25, 0.3) is 11.4 Å². The van der Waals surface area contributed by atoms with Gasteiger partial charge in [0.25, 0.3) is 5.91 Å². The first kappa shape index (κ1) is 29.1. The topological polar surface area (TPSA) is 111 Å². The number of methoxy groups -OCH3 is 2. The summed E-state index contributed by atoms with van der Waals surface area (Å²) in [6.07, 6.45) is 3.88. The number of carbonyl (C=O) groups excluding carboxylic acids is 2. The highest BCUT2D eigenvalue weighted by Crippen LogP contribution is 2.35. The number of carbonyl (C=O) groups is 2. The summed E-state index contributed by atoms with van der Waals surface area (Å²) >= 11 is 6.20. The molecule has 0 spiro atoms. The summed E-state index contributed by atoms with van der Waals surface area (Å²) < 4.78 is 11.0. The third kappa shape index (κ3) is 6.54. The third-order valence-corrected chi connectivity index (χ3v) is 7.60. The number of benzene rings is 3. The second-order valence-corrected chi connectivity index (χ2v) is 10.7. The van der Waals surface area contributed by atoms with Crippen LogP contribution in [0.15, 0.2) is 66.7 Å². The molecule has 1 aliphatic carbocycles. The van der Waals surface area contributed by atoms with Gasteiger partial charge in [-0.2, -0.15) is 4.80 Å². The number of nitrogens with zero attached hydrogens (tertiary/aromatic N) is 5. The minimum Gasteiger partial charge on any atom is -0.493 e. The Kier molecular flexibility index (Phi) is 9.02. The van der Waals surface area contributed by atoms with E-state index in [9.17, 15) is 9.59 Å². The number of halogens is 1. The summed E-state index contributed by atoms with van der Waals surface area (Å²) in [4.78, 5) is 30.9. The second-order valence-electron chi connectivity index (χ2n) is 10.3. The highest BCUT2D eigenvalue weighted by Gasteiger charge is 2.35. The lowest BCUT2D eigenvalue weighted by atomic mass is 10.0. The maximum Gasteiger partial charge on any atom is 0.251 e. The van der Waals surface area contributed by atoms with E-state index in [0.717, 1.165) is 36.8 Å². The van der Waals surface area contributed by atoms with E-state index in [2.05, 4.69) is 20.7 Å². The first-order chi connectivity index (χ1) is 20.4. The number of aryl methyl sites for hydroxylation is 1. The number of hydrogen-bond acceptors (Lipinski definition) is 7. The first-order valence-electron chi connectivity index (χ1n) is 13.8. The largest absolute Gasteiger partial charge is 0.493 e. The molecule has 1 heterocycles. The highest BCUT2D eigenvalue weighted by atomic mass is 35.5. The maximum atomic E-state index is 14.2. The predicted octanol–water partition coefficient (Wildman–Crippen LogP) is 5.15. The number of anilines is 1. The Labute approximate surface area is 249 Å². The number of aromatic nitrogens is 4. The van der Waals surface area contributed by atoms with Crippen molar-refractivity contribution in [1.29, 1.82) is 0 Å². The van der Waals surface area contributed by atoms with Crippen molar-refractivity contribution < 1.29 is 19.1 Å². The number of hydrogen-bond donors (Lipinski definition) is 1. The van der Waals surface area contributed by atoms with Crippen LogP contribution in [0, 0.1) is 6.92 Å². The molecule has 1 N–H and O–H groups in total. The number of ether oxygens (including phenoxy) is 2. The molecule has 1 fully saturated rings. The van der Waals surface area contributed by atoms with Crippen molar-refractivity contribution >= 4 is 29.1 Å². The van der Waals surface area contributed by atoms with Crippen LogP contribution in [0.3, 0.4) is 0 Å². The lowest BCUT2D eigenvalue weighted by molar-refractivity contribution is -0.127. The molecule has 11 heteroatoms. The SMILES string of the molecule is COc1ccc([C@H](C(=O)NC2CCCC2)N(C(=O)Cn2nnc(-c3ccc(C)cc3)n2)c2ccc(Cl)cc2)cc1OC. The lowest BCUT2D eigenvalue weighted by Crippen LogP contribution is -2.47. The van der Waals surface area contributed by atoms with Gasteiger partial charge in [-0.05, 0) is 66.9 Å². The normalized spacial score (nSPS) is 13.9. The van der Waals surface area contributed by atoms with Crippen molar-refractivity contribution in [3.8, 4) is 22.9 Å². The summed E-state index contributed by atoms with van der Waals surface area (Å²) in [5.41, 5.74) is 2.94. The second kappa shape index (κ2) is 13.0. The number of tetrazole rings is 1. The van der Waals surface area contributed by atoms with E-state index < -0.39 is 11.9 Å². The van der Waals surface area contributed by atoms with Crippen LogP contribution in [-0.2, 0) is 16.1 Å². The van der Waals surface area contributed by atoms with Gasteiger partial charge in [0.2, 0.25) is 11.7 Å². The fourth-order valence-corrected chi connectivity index (χ4v) is 5.28. The summed E-state index contributed by atoms with van der Waals surface area (Å²) in [7, 11) is 3.07. The quantitative estimate of drug-likeness (QED) is 0.273. The molecule has 0 aliphatic heterocycles. The molecule has 1 aromatic heterocycles. The van der Waals surface area contributed by atoms with Gasteiger partial charge >= 0.3 is 0 Å². The van der Waals surface area contributed by atoms with Gasteiger partial charge in [0.05, 0.1) is 14.2 Å². The predicted molar refractivity (Wildman–Crippen MR) is 160 cm³/mol. The van der Waals surface area contributed by atoms with Gasteiger partial charge in [-0.15, -0.1) is 10.2 Å². The van der Waals surface area contributed by atoms with Crippen molar-refractivity contribution in [3.63, 3.8) is 0 Å². The van der Waals surface area contributed by atoms with Crippen LogP contribution in [0.1, 0.15) is 42.9 Å². The smallest absolute Gasteiger partial charge is 0.251 e. The molecule has 1 aliphatic rings. The Morgan fingerprint density at radius 3 is 2.36 bits per heavy atom. The van der Waals surface area contributed by atoms with Crippen molar-refractivity contribution in [1.82, 2.24) is 25.5 Å². The molecule has 3 aromatic carbocycles. The van der Waals surface area contributed by atoms with Gasteiger partial charge in [-0.1, -0.05) is 60.3 Å². The Morgan fingerprint density at radius 2 is 1.69 bits per heavy atom. The zero-order valence-corrected chi connectivity index (χ0v) is 24.5. The molecule has 1 saturated carbocycles. The van der Waals surface area contributed by atoms with E-state index in [1.165, 1.54) is 16.8 Å². The molecule has 2 amide bonds. The molecule has 218 valence electrons. The standard InChI is InChI=1S/C31H33ClN6O4/c1-20-8-10-21(11-9-20)30-34-36-37(35-30)19-28(39)38(25-15-13-23(32)14-16-25)29(31(40)33-24-6-4-5-7-24)22-12-17-26(41-2)27(18-22)42-3/h8-18,24,29H,4-7,19H2,1-3H3,(H,33,40)/t29-/m1/s1. The molecule has 1 atom stereocenters. The number of amides is 2.